The minimum atomic E-state index is -1.36. The van der Waals surface area contributed by atoms with Gasteiger partial charge in [-0.3, -0.25) is 0 Å². The Balaban J connectivity index is 1.52. The molecule has 2 saturated carbocycles. The predicted octanol–water partition coefficient (Wildman–Crippen LogP) is 1.23. The van der Waals surface area contributed by atoms with E-state index in [-0.39, 0.29) is 0 Å². The van der Waals surface area contributed by atoms with Crippen LogP contribution in [0.1, 0.15) is 31.2 Å². The van der Waals surface area contributed by atoms with Crippen molar-refractivity contribution < 1.29 is 10.0 Å². The third kappa shape index (κ3) is 3.08. The largest absolute Gasteiger partial charge is 0.488 e. The van der Waals surface area contributed by atoms with Crippen LogP contribution in [0.2, 0.25) is 0 Å². The van der Waals surface area contributed by atoms with Crippen molar-refractivity contribution in [2.24, 2.45) is 17.8 Å². The van der Waals surface area contributed by atoms with Crippen LogP contribution in [0.25, 0.3) is 0 Å². The van der Waals surface area contributed by atoms with Crippen molar-refractivity contribution in [2.75, 3.05) is 13.6 Å². The van der Waals surface area contributed by atoms with Crippen molar-refractivity contribution in [2.45, 2.75) is 32.2 Å². The maximum atomic E-state index is 9.09. The SMILES string of the molecule is CN(Cc1ccc(B(O)O)cc1)CC1CC2CCC1C2. The van der Waals surface area contributed by atoms with E-state index in [9.17, 15) is 0 Å². The number of rotatable bonds is 5. The molecule has 1 aromatic carbocycles. The van der Waals surface area contributed by atoms with Gasteiger partial charge in [0.1, 0.15) is 0 Å². The van der Waals surface area contributed by atoms with Gasteiger partial charge in [-0.2, -0.15) is 0 Å². The fraction of sp³-hybridized carbons (Fsp3) is 0.625. The molecule has 4 heteroatoms. The summed E-state index contributed by atoms with van der Waals surface area (Å²) in [7, 11) is 0.830. The van der Waals surface area contributed by atoms with E-state index in [0.717, 1.165) is 24.3 Å². The van der Waals surface area contributed by atoms with Gasteiger partial charge in [-0.1, -0.05) is 30.7 Å². The van der Waals surface area contributed by atoms with Gasteiger partial charge >= 0.3 is 7.12 Å². The van der Waals surface area contributed by atoms with Crippen molar-refractivity contribution >= 4 is 12.6 Å². The van der Waals surface area contributed by atoms with Crippen molar-refractivity contribution in [3.63, 3.8) is 0 Å². The molecule has 0 aliphatic heterocycles. The van der Waals surface area contributed by atoms with E-state index in [4.69, 9.17) is 10.0 Å². The zero-order valence-electron chi connectivity index (χ0n) is 12.2. The summed E-state index contributed by atoms with van der Waals surface area (Å²) in [5.74, 6) is 2.90. The number of fused-ring (bicyclic) bond motifs is 2. The molecule has 2 aliphatic carbocycles. The van der Waals surface area contributed by atoms with E-state index in [1.807, 2.05) is 12.1 Å². The maximum absolute atomic E-state index is 9.09. The first-order valence-electron chi connectivity index (χ1n) is 7.75. The molecule has 20 heavy (non-hydrogen) atoms. The van der Waals surface area contributed by atoms with Crippen LogP contribution >= 0.6 is 0 Å². The van der Waals surface area contributed by atoms with E-state index < -0.39 is 7.12 Å². The van der Waals surface area contributed by atoms with Gasteiger partial charge in [0.15, 0.2) is 0 Å². The van der Waals surface area contributed by atoms with E-state index in [0.29, 0.717) is 5.46 Å². The van der Waals surface area contributed by atoms with E-state index in [1.54, 1.807) is 12.1 Å². The van der Waals surface area contributed by atoms with Crippen molar-refractivity contribution in [3.8, 4) is 0 Å². The van der Waals surface area contributed by atoms with Crippen LogP contribution in [0.3, 0.4) is 0 Å². The monoisotopic (exact) mass is 273 g/mol. The van der Waals surface area contributed by atoms with Crippen molar-refractivity contribution in [1.82, 2.24) is 4.90 Å². The topological polar surface area (TPSA) is 43.7 Å². The van der Waals surface area contributed by atoms with Crippen molar-refractivity contribution in [1.29, 1.82) is 0 Å². The molecule has 108 valence electrons. The van der Waals surface area contributed by atoms with Crippen LogP contribution in [0, 0.1) is 17.8 Å². The second-order valence-corrected chi connectivity index (χ2v) is 6.75. The Morgan fingerprint density at radius 1 is 1.15 bits per heavy atom. The van der Waals surface area contributed by atoms with Gasteiger partial charge in [0.05, 0.1) is 0 Å². The second kappa shape index (κ2) is 5.88. The number of nitrogens with zero attached hydrogens (tertiary/aromatic N) is 1. The fourth-order valence-electron chi connectivity index (χ4n) is 4.17. The summed E-state index contributed by atoms with van der Waals surface area (Å²) >= 11 is 0. The lowest BCUT2D eigenvalue weighted by Crippen LogP contribution is -2.30. The molecular weight excluding hydrogens is 249 g/mol. The highest BCUT2D eigenvalue weighted by Gasteiger charge is 2.39. The summed E-state index contributed by atoms with van der Waals surface area (Å²) in [4.78, 5) is 2.41. The molecule has 0 aromatic heterocycles. The van der Waals surface area contributed by atoms with Crippen LogP contribution in [-0.2, 0) is 6.54 Å². The lowest BCUT2D eigenvalue weighted by molar-refractivity contribution is 0.214. The summed E-state index contributed by atoms with van der Waals surface area (Å²) < 4.78 is 0. The van der Waals surface area contributed by atoms with E-state index >= 15 is 0 Å². The molecule has 2 aliphatic rings. The first-order chi connectivity index (χ1) is 9.61. The molecule has 1 aromatic rings. The molecule has 3 rings (SSSR count). The lowest BCUT2D eigenvalue weighted by Gasteiger charge is -2.27. The first-order valence-corrected chi connectivity index (χ1v) is 7.75. The third-order valence-corrected chi connectivity index (χ3v) is 5.16. The molecule has 0 spiro atoms. The summed E-state index contributed by atoms with van der Waals surface area (Å²) in [5, 5.41) is 18.2. The number of hydrogen-bond donors (Lipinski definition) is 2. The molecule has 0 saturated heterocycles. The molecular formula is C16H24BNO2. The average molecular weight is 273 g/mol. The summed E-state index contributed by atoms with van der Waals surface area (Å²) in [5.41, 5.74) is 1.80. The minimum Gasteiger partial charge on any atom is -0.423 e. The Bertz CT molecular complexity index is 448. The van der Waals surface area contributed by atoms with Gasteiger partial charge in [-0.05, 0) is 55.1 Å². The van der Waals surface area contributed by atoms with Crippen LogP contribution in [0.4, 0.5) is 0 Å². The van der Waals surface area contributed by atoms with Gasteiger partial charge in [-0.25, -0.2) is 0 Å². The van der Waals surface area contributed by atoms with Gasteiger partial charge in [0.2, 0.25) is 0 Å². The molecule has 0 amide bonds. The number of benzene rings is 1. The average Bonchev–Trinajstić information content (AvgIpc) is 3.01. The quantitative estimate of drug-likeness (QED) is 0.793. The van der Waals surface area contributed by atoms with Crippen LogP contribution in [0.15, 0.2) is 24.3 Å². The molecule has 2 bridgehead atoms. The zero-order valence-corrected chi connectivity index (χ0v) is 12.2. The highest BCUT2D eigenvalue weighted by molar-refractivity contribution is 6.58. The molecule has 2 fully saturated rings. The van der Waals surface area contributed by atoms with E-state index in [2.05, 4.69) is 11.9 Å². The molecule has 3 unspecified atom stereocenters. The molecule has 0 radical (unpaired) electrons. The summed E-state index contributed by atoms with van der Waals surface area (Å²) in [6, 6.07) is 7.58. The molecule has 2 N–H and O–H groups in total. The van der Waals surface area contributed by atoms with Gasteiger partial charge in [-0.15, -0.1) is 0 Å². The third-order valence-electron chi connectivity index (χ3n) is 5.16. The Hall–Kier alpha value is -0.835. The summed E-state index contributed by atoms with van der Waals surface area (Å²) in [6.07, 6.45) is 5.83. The normalized spacial score (nSPS) is 28.3. The second-order valence-electron chi connectivity index (χ2n) is 6.75. The minimum absolute atomic E-state index is 0.560. The van der Waals surface area contributed by atoms with Crippen LogP contribution < -0.4 is 5.46 Å². The predicted molar refractivity (Wildman–Crippen MR) is 81.5 cm³/mol. The van der Waals surface area contributed by atoms with Gasteiger partial charge in [0.25, 0.3) is 0 Å². The van der Waals surface area contributed by atoms with Crippen LogP contribution in [-0.4, -0.2) is 35.7 Å². The van der Waals surface area contributed by atoms with Gasteiger partial charge in [0, 0.05) is 13.1 Å². The molecule has 0 heterocycles. The van der Waals surface area contributed by atoms with E-state index in [1.165, 1.54) is 37.8 Å². The standard InChI is InChI=1S/C16H24BNO2/c1-18(11-15-9-13-2-5-14(15)8-13)10-12-3-6-16(7-4-12)17(19)20/h3-4,6-7,13-15,19-20H,2,5,8-11H2,1H3. The molecule has 3 atom stereocenters. The Kier molecular flexibility index (Phi) is 4.15. The summed E-state index contributed by atoms with van der Waals surface area (Å²) in [6.45, 7) is 2.14. The Morgan fingerprint density at radius 3 is 2.45 bits per heavy atom. The smallest absolute Gasteiger partial charge is 0.423 e. The Labute approximate surface area is 121 Å². The van der Waals surface area contributed by atoms with Gasteiger partial charge < -0.3 is 14.9 Å². The number of hydrogen-bond acceptors (Lipinski definition) is 3. The van der Waals surface area contributed by atoms with Crippen molar-refractivity contribution in [3.05, 3.63) is 29.8 Å². The highest BCUT2D eigenvalue weighted by Crippen LogP contribution is 2.48. The molecule has 3 nitrogen and oxygen atoms in total. The highest BCUT2D eigenvalue weighted by atomic mass is 16.4. The maximum Gasteiger partial charge on any atom is 0.488 e. The fourth-order valence-corrected chi connectivity index (χ4v) is 4.17. The first kappa shape index (κ1) is 14.1. The lowest BCUT2D eigenvalue weighted by atomic mass is 9.80. The Morgan fingerprint density at radius 2 is 1.90 bits per heavy atom. The zero-order chi connectivity index (χ0) is 14.1. The van der Waals surface area contributed by atoms with Crippen LogP contribution in [0.5, 0.6) is 0 Å².